The summed E-state index contributed by atoms with van der Waals surface area (Å²) in [5.41, 5.74) is 3.16. The van der Waals surface area contributed by atoms with Crippen molar-refractivity contribution < 1.29 is 9.00 Å². The lowest BCUT2D eigenvalue weighted by Gasteiger charge is -2.20. The first-order valence-electron chi connectivity index (χ1n) is 6.98. The molecule has 3 nitrogen and oxygen atoms in total. The molecule has 1 aromatic rings. The molecule has 106 valence electrons. The topological polar surface area (TPSA) is 37.4 Å². The van der Waals surface area contributed by atoms with Crippen molar-refractivity contribution in [1.29, 1.82) is 0 Å². The molecule has 1 saturated heterocycles. The first-order chi connectivity index (χ1) is 9.56. The molecule has 3 unspecified atom stereocenters. The Balaban J connectivity index is 1.84. The van der Waals surface area contributed by atoms with Gasteiger partial charge in [0, 0.05) is 35.7 Å². The zero-order valence-electron chi connectivity index (χ0n) is 11.8. The molecule has 2 bridgehead atoms. The van der Waals surface area contributed by atoms with Gasteiger partial charge in [0.15, 0.2) is 0 Å². The summed E-state index contributed by atoms with van der Waals surface area (Å²) in [6.45, 7) is 0. The molecule has 2 aliphatic rings. The van der Waals surface area contributed by atoms with Crippen LogP contribution in [0.3, 0.4) is 0 Å². The fourth-order valence-corrected chi connectivity index (χ4v) is 4.87. The number of carbonyl (C=O) groups excluding carboxylic acids is 1. The van der Waals surface area contributed by atoms with Crippen LogP contribution in [0.5, 0.6) is 0 Å². The molecular formula is C16H19NO2S. The van der Waals surface area contributed by atoms with E-state index in [4.69, 9.17) is 0 Å². The maximum atomic E-state index is 12.0. The molecule has 0 spiro atoms. The lowest BCUT2D eigenvalue weighted by Crippen LogP contribution is -2.21. The fraction of sp³-hybridized carbons (Fsp3) is 0.438. The Bertz CT molecular complexity index is 589. The third kappa shape index (κ3) is 2.33. The molecule has 0 aromatic heterocycles. The van der Waals surface area contributed by atoms with E-state index in [0.717, 1.165) is 24.8 Å². The van der Waals surface area contributed by atoms with Crippen molar-refractivity contribution in [1.82, 2.24) is 4.90 Å². The van der Waals surface area contributed by atoms with Gasteiger partial charge >= 0.3 is 0 Å². The summed E-state index contributed by atoms with van der Waals surface area (Å²) in [4.78, 5) is 13.4. The molecule has 4 heteroatoms. The summed E-state index contributed by atoms with van der Waals surface area (Å²) in [7, 11) is 2.85. The number of nitrogens with zero attached hydrogens (tertiary/aromatic N) is 1. The Kier molecular flexibility index (Phi) is 3.50. The summed E-state index contributed by atoms with van der Waals surface area (Å²) in [6.07, 6.45) is 5.22. The average Bonchev–Trinajstić information content (AvgIpc) is 2.68. The maximum Gasteiger partial charge on any atom is 0.253 e. The molecule has 1 aromatic carbocycles. The molecule has 0 saturated carbocycles. The third-order valence-electron chi connectivity index (χ3n) is 4.14. The summed E-state index contributed by atoms with van der Waals surface area (Å²) in [5, 5.41) is 0.579. The maximum absolute atomic E-state index is 12.0. The number of fused-ring (bicyclic) bond motifs is 2. The zero-order chi connectivity index (χ0) is 14.3. The Morgan fingerprint density at radius 1 is 1.20 bits per heavy atom. The molecule has 2 aliphatic heterocycles. The third-order valence-corrected chi connectivity index (χ3v) is 6.17. The van der Waals surface area contributed by atoms with Crippen molar-refractivity contribution in [2.75, 3.05) is 14.1 Å². The van der Waals surface area contributed by atoms with E-state index in [2.05, 4.69) is 6.08 Å². The van der Waals surface area contributed by atoms with Gasteiger partial charge in [0.25, 0.3) is 5.91 Å². The SMILES string of the molecule is CN(C)C(=O)c1ccc(C2=CC3CCC(C2)S3=O)cc1. The summed E-state index contributed by atoms with van der Waals surface area (Å²) < 4.78 is 12.0. The highest BCUT2D eigenvalue weighted by Crippen LogP contribution is 2.38. The minimum atomic E-state index is -0.668. The minimum Gasteiger partial charge on any atom is -0.345 e. The van der Waals surface area contributed by atoms with Gasteiger partial charge < -0.3 is 4.90 Å². The number of hydrogen-bond acceptors (Lipinski definition) is 2. The van der Waals surface area contributed by atoms with E-state index in [1.54, 1.807) is 19.0 Å². The van der Waals surface area contributed by atoms with Crippen LogP contribution in [0.15, 0.2) is 30.3 Å². The van der Waals surface area contributed by atoms with Crippen LogP contribution in [-0.2, 0) is 10.8 Å². The van der Waals surface area contributed by atoms with E-state index in [-0.39, 0.29) is 11.2 Å². The normalized spacial score (nSPS) is 28.1. The highest BCUT2D eigenvalue weighted by molar-refractivity contribution is 7.86. The van der Waals surface area contributed by atoms with Crippen molar-refractivity contribution in [3.8, 4) is 0 Å². The van der Waals surface area contributed by atoms with Crippen molar-refractivity contribution in [2.45, 2.75) is 29.8 Å². The molecule has 20 heavy (non-hydrogen) atoms. The number of benzene rings is 1. The molecule has 2 heterocycles. The van der Waals surface area contributed by atoms with E-state index >= 15 is 0 Å². The number of rotatable bonds is 2. The molecule has 0 N–H and O–H groups in total. The van der Waals surface area contributed by atoms with Crippen molar-refractivity contribution >= 4 is 22.3 Å². The van der Waals surface area contributed by atoms with Crippen LogP contribution in [0.1, 0.15) is 35.2 Å². The van der Waals surface area contributed by atoms with E-state index in [0.29, 0.717) is 10.8 Å². The monoisotopic (exact) mass is 289 g/mol. The smallest absolute Gasteiger partial charge is 0.253 e. The minimum absolute atomic E-state index is 0.0235. The highest BCUT2D eigenvalue weighted by atomic mass is 32.2. The Hall–Kier alpha value is -1.42. The lowest BCUT2D eigenvalue weighted by molar-refractivity contribution is 0.0827. The summed E-state index contributed by atoms with van der Waals surface area (Å²) in [5.74, 6) is 0.0235. The second-order valence-corrected chi connectivity index (χ2v) is 7.67. The van der Waals surface area contributed by atoms with Gasteiger partial charge in [-0.15, -0.1) is 0 Å². The van der Waals surface area contributed by atoms with Gasteiger partial charge in [0.1, 0.15) is 0 Å². The number of hydrogen-bond donors (Lipinski definition) is 0. The lowest BCUT2D eigenvalue weighted by atomic mass is 9.99. The number of carbonyl (C=O) groups is 1. The fourth-order valence-electron chi connectivity index (χ4n) is 3.00. The second-order valence-electron chi connectivity index (χ2n) is 5.74. The van der Waals surface area contributed by atoms with E-state index in [9.17, 15) is 9.00 Å². The second kappa shape index (κ2) is 5.17. The molecule has 1 amide bonds. The van der Waals surface area contributed by atoms with Gasteiger partial charge in [0.05, 0.1) is 5.25 Å². The Labute approximate surface area is 122 Å². The van der Waals surface area contributed by atoms with Crippen LogP contribution in [-0.4, -0.2) is 39.6 Å². The van der Waals surface area contributed by atoms with Gasteiger partial charge in [-0.2, -0.15) is 0 Å². The average molecular weight is 289 g/mol. The molecule has 0 radical (unpaired) electrons. The predicted molar refractivity (Wildman–Crippen MR) is 82.0 cm³/mol. The molecule has 1 fully saturated rings. The van der Waals surface area contributed by atoms with Gasteiger partial charge in [-0.05, 0) is 42.5 Å². The Morgan fingerprint density at radius 3 is 2.50 bits per heavy atom. The largest absolute Gasteiger partial charge is 0.345 e. The number of allylic oxidation sites excluding steroid dienone is 1. The molecular weight excluding hydrogens is 270 g/mol. The van der Waals surface area contributed by atoms with Crippen LogP contribution in [0, 0.1) is 0 Å². The van der Waals surface area contributed by atoms with Crippen LogP contribution >= 0.6 is 0 Å². The summed E-state index contributed by atoms with van der Waals surface area (Å²) in [6, 6.07) is 7.78. The van der Waals surface area contributed by atoms with Gasteiger partial charge in [-0.3, -0.25) is 9.00 Å². The van der Waals surface area contributed by atoms with E-state index < -0.39 is 10.8 Å². The standard InChI is InChI=1S/C16H19NO2S/c1-17(2)16(18)12-5-3-11(4-6-12)13-9-14-7-8-15(10-13)20(14)19/h3-6,9,14-15H,7-8,10H2,1-2H3. The predicted octanol–water partition coefficient (Wildman–Crippen LogP) is 2.46. The first-order valence-corrected chi connectivity index (χ1v) is 8.26. The van der Waals surface area contributed by atoms with Gasteiger partial charge in [0.2, 0.25) is 0 Å². The van der Waals surface area contributed by atoms with E-state index in [1.165, 1.54) is 5.57 Å². The molecule has 0 aliphatic carbocycles. The first kappa shape index (κ1) is 13.6. The van der Waals surface area contributed by atoms with Crippen molar-refractivity contribution in [2.24, 2.45) is 0 Å². The van der Waals surface area contributed by atoms with Crippen LogP contribution in [0.4, 0.5) is 0 Å². The highest BCUT2D eigenvalue weighted by Gasteiger charge is 2.36. The molecule has 3 rings (SSSR count). The van der Waals surface area contributed by atoms with Crippen LogP contribution in [0.25, 0.3) is 5.57 Å². The van der Waals surface area contributed by atoms with Crippen molar-refractivity contribution in [3.05, 3.63) is 41.5 Å². The van der Waals surface area contributed by atoms with Crippen molar-refractivity contribution in [3.63, 3.8) is 0 Å². The van der Waals surface area contributed by atoms with Crippen LogP contribution < -0.4 is 0 Å². The van der Waals surface area contributed by atoms with Gasteiger partial charge in [-0.1, -0.05) is 18.2 Å². The summed E-state index contributed by atoms with van der Waals surface area (Å²) >= 11 is 0. The van der Waals surface area contributed by atoms with Crippen LogP contribution in [0.2, 0.25) is 0 Å². The van der Waals surface area contributed by atoms with E-state index in [1.807, 2.05) is 24.3 Å². The Morgan fingerprint density at radius 2 is 1.90 bits per heavy atom. The van der Waals surface area contributed by atoms with Gasteiger partial charge in [-0.25, -0.2) is 0 Å². The number of amides is 1. The zero-order valence-corrected chi connectivity index (χ0v) is 12.7. The quantitative estimate of drug-likeness (QED) is 0.838. The molecule has 3 atom stereocenters.